The van der Waals surface area contributed by atoms with Gasteiger partial charge in [-0.3, -0.25) is 0 Å². The summed E-state index contributed by atoms with van der Waals surface area (Å²) in [6.45, 7) is 9.35. The highest BCUT2D eigenvalue weighted by Gasteiger charge is 2.21. The summed E-state index contributed by atoms with van der Waals surface area (Å²) < 4.78 is 42.1. The first-order valence-corrected chi connectivity index (χ1v) is 11.2. The molecule has 1 N–H and O–H groups in total. The lowest BCUT2D eigenvalue weighted by Gasteiger charge is -2.29. The first kappa shape index (κ1) is 23.7. The molecule has 0 fully saturated rings. The Balaban J connectivity index is 2.18. The number of rotatable bonds is 7. The van der Waals surface area contributed by atoms with E-state index in [1.165, 1.54) is 12.1 Å². The molecule has 0 heterocycles. The topological polar surface area (TPSA) is 75.7 Å². The fraction of sp³-hybridized carbons (Fsp3) is 0.409. The van der Waals surface area contributed by atoms with Crippen LogP contribution >= 0.6 is 0 Å². The lowest BCUT2D eigenvalue weighted by atomic mass is 10.1. The van der Waals surface area contributed by atoms with Crippen molar-refractivity contribution in [1.82, 2.24) is 10.2 Å². The predicted octanol–water partition coefficient (Wildman–Crippen LogP) is 4.45. The molecular weight excluding hydrogens is 407 g/mol. The minimum absolute atomic E-state index is 0.219. The van der Waals surface area contributed by atoms with Gasteiger partial charge in [-0.15, -0.1) is 0 Å². The standard InChI is InChI=1S/C22H29FN2O4S/c1-16(2)30(27,28)29-20-12-8-18(9-13-20)15-25(21(26)24-22(3,4)5)14-17-6-10-19(23)11-7-17/h6-13,16H,14-15H2,1-5H3,(H,24,26). The van der Waals surface area contributed by atoms with E-state index in [0.29, 0.717) is 6.54 Å². The summed E-state index contributed by atoms with van der Waals surface area (Å²) in [5, 5.41) is 2.29. The maximum absolute atomic E-state index is 13.2. The number of amides is 2. The third kappa shape index (κ3) is 7.33. The van der Waals surface area contributed by atoms with E-state index in [9.17, 15) is 17.6 Å². The number of halogens is 1. The monoisotopic (exact) mass is 436 g/mol. The zero-order chi connectivity index (χ0) is 22.5. The molecule has 0 aromatic heterocycles. The van der Waals surface area contributed by atoms with Gasteiger partial charge < -0.3 is 14.4 Å². The molecule has 6 nitrogen and oxygen atoms in total. The average Bonchev–Trinajstić information content (AvgIpc) is 2.62. The van der Waals surface area contributed by atoms with Crippen LogP contribution in [0.15, 0.2) is 48.5 Å². The summed E-state index contributed by atoms with van der Waals surface area (Å²) in [4.78, 5) is 14.4. The molecule has 0 bridgehead atoms. The van der Waals surface area contributed by atoms with Crippen LogP contribution < -0.4 is 9.50 Å². The lowest BCUT2D eigenvalue weighted by molar-refractivity contribution is 0.183. The van der Waals surface area contributed by atoms with Crippen LogP contribution in [-0.4, -0.2) is 30.1 Å². The Morgan fingerprint density at radius 1 is 1.00 bits per heavy atom. The van der Waals surface area contributed by atoms with E-state index in [2.05, 4.69) is 5.32 Å². The number of carbonyl (C=O) groups is 1. The van der Waals surface area contributed by atoms with Crippen LogP contribution in [0.2, 0.25) is 0 Å². The van der Waals surface area contributed by atoms with Gasteiger partial charge in [0.15, 0.2) is 0 Å². The second kappa shape index (κ2) is 9.47. The van der Waals surface area contributed by atoms with Crippen molar-refractivity contribution in [3.05, 3.63) is 65.5 Å². The van der Waals surface area contributed by atoms with Crippen molar-refractivity contribution >= 4 is 16.1 Å². The highest BCUT2D eigenvalue weighted by Crippen LogP contribution is 2.19. The molecule has 0 aliphatic heterocycles. The molecule has 2 amide bonds. The third-order valence-corrected chi connectivity index (χ3v) is 5.72. The number of nitrogens with zero attached hydrogens (tertiary/aromatic N) is 1. The third-order valence-electron chi connectivity index (χ3n) is 4.14. The molecule has 0 aliphatic rings. The number of hydrogen-bond acceptors (Lipinski definition) is 4. The molecule has 8 heteroatoms. The number of nitrogens with one attached hydrogen (secondary N) is 1. The summed E-state index contributed by atoms with van der Waals surface area (Å²) in [6, 6.07) is 12.3. The van der Waals surface area contributed by atoms with E-state index in [4.69, 9.17) is 4.18 Å². The van der Waals surface area contributed by atoms with Gasteiger partial charge >= 0.3 is 16.1 Å². The summed E-state index contributed by atoms with van der Waals surface area (Å²) in [5.41, 5.74) is 1.18. The summed E-state index contributed by atoms with van der Waals surface area (Å²) in [5.74, 6) is -0.118. The zero-order valence-electron chi connectivity index (χ0n) is 18.0. The Kier molecular flexibility index (Phi) is 7.47. The van der Waals surface area contributed by atoms with Crippen molar-refractivity contribution in [2.45, 2.75) is 58.5 Å². The Bertz CT molecular complexity index is 950. The molecule has 164 valence electrons. The number of urea groups is 1. The van der Waals surface area contributed by atoms with Crippen molar-refractivity contribution < 1.29 is 21.8 Å². The molecule has 0 saturated heterocycles. The highest BCUT2D eigenvalue weighted by atomic mass is 32.2. The molecule has 0 atom stereocenters. The quantitative estimate of drug-likeness (QED) is 0.651. The molecule has 0 saturated carbocycles. The molecule has 2 rings (SSSR count). The summed E-state index contributed by atoms with van der Waals surface area (Å²) >= 11 is 0. The maximum atomic E-state index is 13.2. The van der Waals surface area contributed by atoms with E-state index in [1.807, 2.05) is 20.8 Å². The predicted molar refractivity (Wildman–Crippen MR) is 115 cm³/mol. The van der Waals surface area contributed by atoms with Gasteiger partial charge in [0.05, 0.1) is 5.25 Å². The largest absolute Gasteiger partial charge is 0.382 e. The van der Waals surface area contributed by atoms with E-state index in [-0.39, 0.29) is 24.1 Å². The minimum atomic E-state index is -3.67. The summed E-state index contributed by atoms with van der Waals surface area (Å²) in [6.07, 6.45) is 0. The molecular formula is C22H29FN2O4S. The van der Waals surface area contributed by atoms with Crippen LogP contribution in [0.3, 0.4) is 0 Å². The van der Waals surface area contributed by atoms with Crippen LogP contribution in [-0.2, 0) is 23.2 Å². The Labute approximate surface area is 178 Å². The number of benzene rings is 2. The van der Waals surface area contributed by atoms with Crippen LogP contribution in [0.1, 0.15) is 45.7 Å². The smallest absolute Gasteiger partial charge is 0.318 e. The molecule has 0 spiro atoms. The van der Waals surface area contributed by atoms with Gasteiger partial charge in [-0.25, -0.2) is 9.18 Å². The van der Waals surface area contributed by atoms with Crippen molar-refractivity contribution in [2.24, 2.45) is 0 Å². The van der Waals surface area contributed by atoms with Gasteiger partial charge in [0.2, 0.25) is 0 Å². The van der Waals surface area contributed by atoms with Crippen LogP contribution in [0, 0.1) is 5.82 Å². The van der Waals surface area contributed by atoms with E-state index < -0.39 is 20.9 Å². The highest BCUT2D eigenvalue weighted by molar-refractivity contribution is 7.87. The SMILES string of the molecule is CC(C)S(=O)(=O)Oc1ccc(CN(Cc2ccc(F)cc2)C(=O)NC(C)(C)C)cc1. The van der Waals surface area contributed by atoms with Gasteiger partial charge in [-0.05, 0) is 70.0 Å². The van der Waals surface area contributed by atoms with Crippen molar-refractivity contribution in [2.75, 3.05) is 0 Å². The maximum Gasteiger partial charge on any atom is 0.318 e. The van der Waals surface area contributed by atoms with Gasteiger partial charge in [-0.2, -0.15) is 8.42 Å². The molecule has 0 aliphatic carbocycles. The molecule has 30 heavy (non-hydrogen) atoms. The average molecular weight is 437 g/mol. The van der Waals surface area contributed by atoms with Crippen molar-refractivity contribution in [3.8, 4) is 5.75 Å². The fourth-order valence-electron chi connectivity index (χ4n) is 2.51. The first-order chi connectivity index (χ1) is 13.9. The number of hydrogen-bond donors (Lipinski definition) is 1. The van der Waals surface area contributed by atoms with Gasteiger partial charge in [0, 0.05) is 18.6 Å². The Hall–Kier alpha value is -2.61. The molecule has 2 aromatic carbocycles. The normalized spacial score (nSPS) is 12.0. The fourth-order valence-corrected chi connectivity index (χ4v) is 3.08. The van der Waals surface area contributed by atoms with Crippen molar-refractivity contribution in [3.63, 3.8) is 0 Å². The van der Waals surface area contributed by atoms with Crippen LogP contribution in [0.4, 0.5) is 9.18 Å². The second-order valence-electron chi connectivity index (χ2n) is 8.43. The van der Waals surface area contributed by atoms with E-state index in [1.54, 1.807) is 55.1 Å². The van der Waals surface area contributed by atoms with Crippen LogP contribution in [0.5, 0.6) is 5.75 Å². The summed E-state index contributed by atoms with van der Waals surface area (Å²) in [7, 11) is -3.67. The minimum Gasteiger partial charge on any atom is -0.382 e. The lowest BCUT2D eigenvalue weighted by Crippen LogP contribution is -2.47. The zero-order valence-corrected chi connectivity index (χ0v) is 18.8. The van der Waals surface area contributed by atoms with Gasteiger partial charge in [0.1, 0.15) is 11.6 Å². The first-order valence-electron chi connectivity index (χ1n) is 9.69. The molecule has 2 aromatic rings. The molecule has 0 unspecified atom stereocenters. The number of carbonyl (C=O) groups excluding carboxylic acids is 1. The van der Waals surface area contributed by atoms with Crippen molar-refractivity contribution in [1.29, 1.82) is 0 Å². The Morgan fingerprint density at radius 3 is 1.90 bits per heavy atom. The van der Waals surface area contributed by atoms with E-state index in [0.717, 1.165) is 11.1 Å². The van der Waals surface area contributed by atoms with Gasteiger partial charge in [0.25, 0.3) is 0 Å². The van der Waals surface area contributed by atoms with Crippen LogP contribution in [0.25, 0.3) is 0 Å². The second-order valence-corrected chi connectivity index (χ2v) is 10.5. The molecule has 0 radical (unpaired) electrons. The van der Waals surface area contributed by atoms with Gasteiger partial charge in [-0.1, -0.05) is 24.3 Å². The van der Waals surface area contributed by atoms with E-state index >= 15 is 0 Å². The Morgan fingerprint density at radius 2 is 1.47 bits per heavy atom.